The minimum atomic E-state index is 0.334. The molecule has 1 aromatic rings. The van der Waals surface area contributed by atoms with Crippen molar-refractivity contribution in [2.75, 3.05) is 31.7 Å². The van der Waals surface area contributed by atoms with Gasteiger partial charge < -0.3 is 9.64 Å². The SMILES string of the molecule is COCC1CCCN(c2ncnc(Cl)c2CCl)C1. The maximum atomic E-state index is 6.06. The van der Waals surface area contributed by atoms with Gasteiger partial charge in [0.05, 0.1) is 12.5 Å². The van der Waals surface area contributed by atoms with Gasteiger partial charge in [-0.25, -0.2) is 9.97 Å². The second-order valence-corrected chi connectivity index (χ2v) is 5.14. The van der Waals surface area contributed by atoms with Gasteiger partial charge >= 0.3 is 0 Å². The molecule has 0 aromatic carbocycles. The third-order valence-electron chi connectivity index (χ3n) is 3.22. The number of nitrogens with zero attached hydrogens (tertiary/aromatic N) is 3. The molecule has 1 fully saturated rings. The van der Waals surface area contributed by atoms with Crippen molar-refractivity contribution in [3.8, 4) is 0 Å². The van der Waals surface area contributed by atoms with Crippen LogP contribution in [0.1, 0.15) is 18.4 Å². The van der Waals surface area contributed by atoms with Gasteiger partial charge in [0, 0.05) is 25.8 Å². The van der Waals surface area contributed by atoms with Gasteiger partial charge in [0.25, 0.3) is 0 Å². The fraction of sp³-hybridized carbons (Fsp3) is 0.667. The maximum absolute atomic E-state index is 6.06. The van der Waals surface area contributed by atoms with Crippen molar-refractivity contribution in [2.24, 2.45) is 5.92 Å². The highest BCUT2D eigenvalue weighted by Gasteiger charge is 2.23. The fourth-order valence-electron chi connectivity index (χ4n) is 2.40. The Balaban J connectivity index is 2.18. The third-order valence-corrected chi connectivity index (χ3v) is 3.82. The predicted octanol–water partition coefficient (Wildman–Crippen LogP) is 2.73. The number of rotatable bonds is 4. The largest absolute Gasteiger partial charge is 0.384 e. The Labute approximate surface area is 117 Å². The molecular weight excluding hydrogens is 273 g/mol. The van der Waals surface area contributed by atoms with Crippen molar-refractivity contribution < 1.29 is 4.74 Å². The molecule has 0 spiro atoms. The first kappa shape index (κ1) is 13.8. The summed E-state index contributed by atoms with van der Waals surface area (Å²) in [6, 6.07) is 0. The summed E-state index contributed by atoms with van der Waals surface area (Å²) >= 11 is 12.0. The molecule has 0 saturated carbocycles. The monoisotopic (exact) mass is 289 g/mol. The first-order valence-corrected chi connectivity index (χ1v) is 6.96. The van der Waals surface area contributed by atoms with Crippen LogP contribution >= 0.6 is 23.2 Å². The molecule has 2 heterocycles. The lowest BCUT2D eigenvalue weighted by Crippen LogP contribution is -2.38. The summed E-state index contributed by atoms with van der Waals surface area (Å²) in [6.45, 7) is 2.70. The van der Waals surface area contributed by atoms with Crippen molar-refractivity contribution in [1.82, 2.24) is 9.97 Å². The molecule has 0 radical (unpaired) electrons. The number of ether oxygens (including phenoxy) is 1. The van der Waals surface area contributed by atoms with E-state index in [1.54, 1.807) is 7.11 Å². The maximum Gasteiger partial charge on any atom is 0.138 e. The van der Waals surface area contributed by atoms with E-state index in [4.69, 9.17) is 27.9 Å². The van der Waals surface area contributed by atoms with Gasteiger partial charge in [-0.3, -0.25) is 0 Å². The molecule has 1 saturated heterocycles. The van der Waals surface area contributed by atoms with E-state index in [0.29, 0.717) is 17.0 Å². The molecule has 0 bridgehead atoms. The number of halogens is 2. The van der Waals surface area contributed by atoms with E-state index in [-0.39, 0.29) is 0 Å². The van der Waals surface area contributed by atoms with Crippen molar-refractivity contribution in [2.45, 2.75) is 18.7 Å². The minimum absolute atomic E-state index is 0.334. The topological polar surface area (TPSA) is 38.2 Å². The summed E-state index contributed by atoms with van der Waals surface area (Å²) in [5, 5.41) is 0.448. The van der Waals surface area contributed by atoms with Gasteiger partial charge in [-0.15, -0.1) is 11.6 Å². The van der Waals surface area contributed by atoms with Crippen LogP contribution in [-0.2, 0) is 10.6 Å². The van der Waals surface area contributed by atoms with Crippen LogP contribution in [0.25, 0.3) is 0 Å². The zero-order chi connectivity index (χ0) is 13.0. The number of hydrogen-bond acceptors (Lipinski definition) is 4. The van der Waals surface area contributed by atoms with Crippen molar-refractivity contribution in [3.63, 3.8) is 0 Å². The minimum Gasteiger partial charge on any atom is -0.384 e. The second kappa shape index (κ2) is 6.55. The summed E-state index contributed by atoms with van der Waals surface area (Å²) in [7, 11) is 1.74. The third kappa shape index (κ3) is 3.05. The van der Waals surface area contributed by atoms with E-state index in [1.165, 1.54) is 12.7 Å². The zero-order valence-electron chi connectivity index (χ0n) is 10.4. The molecule has 18 heavy (non-hydrogen) atoms. The number of aromatic nitrogens is 2. The molecule has 100 valence electrons. The number of alkyl halides is 1. The van der Waals surface area contributed by atoms with Crippen molar-refractivity contribution >= 4 is 29.0 Å². The first-order valence-electron chi connectivity index (χ1n) is 6.05. The molecule has 2 rings (SSSR count). The van der Waals surface area contributed by atoms with Gasteiger partial charge in [-0.1, -0.05) is 11.6 Å². The highest BCUT2D eigenvalue weighted by Crippen LogP contribution is 2.28. The fourth-order valence-corrected chi connectivity index (χ4v) is 2.91. The van der Waals surface area contributed by atoms with Crippen LogP contribution in [-0.4, -0.2) is 36.8 Å². The zero-order valence-corrected chi connectivity index (χ0v) is 11.9. The van der Waals surface area contributed by atoms with E-state index >= 15 is 0 Å². The Morgan fingerprint density at radius 1 is 1.50 bits per heavy atom. The lowest BCUT2D eigenvalue weighted by atomic mass is 9.99. The highest BCUT2D eigenvalue weighted by molar-refractivity contribution is 6.31. The first-order chi connectivity index (χ1) is 8.76. The molecule has 0 aliphatic carbocycles. The lowest BCUT2D eigenvalue weighted by Gasteiger charge is -2.34. The average molecular weight is 290 g/mol. The van der Waals surface area contributed by atoms with Gasteiger partial charge in [0.1, 0.15) is 17.3 Å². The number of methoxy groups -OCH3 is 1. The molecule has 1 unspecified atom stereocenters. The lowest BCUT2D eigenvalue weighted by molar-refractivity contribution is 0.143. The number of anilines is 1. The molecule has 1 aromatic heterocycles. The summed E-state index contributed by atoms with van der Waals surface area (Å²) in [4.78, 5) is 10.5. The average Bonchev–Trinajstić information content (AvgIpc) is 2.39. The molecule has 1 aliphatic heterocycles. The molecule has 6 heteroatoms. The summed E-state index contributed by atoms with van der Waals surface area (Å²) in [5.74, 6) is 1.74. The van der Waals surface area contributed by atoms with Crippen LogP contribution in [0.5, 0.6) is 0 Å². The predicted molar refractivity (Wildman–Crippen MR) is 73.4 cm³/mol. The summed E-state index contributed by atoms with van der Waals surface area (Å²) in [5.41, 5.74) is 0.818. The molecule has 1 atom stereocenters. The van der Waals surface area contributed by atoms with Crippen LogP contribution in [0.2, 0.25) is 5.15 Å². The van der Waals surface area contributed by atoms with E-state index in [0.717, 1.165) is 37.5 Å². The van der Waals surface area contributed by atoms with E-state index < -0.39 is 0 Å². The Bertz CT molecular complexity index is 401. The Kier molecular flexibility index (Phi) is 5.03. The van der Waals surface area contributed by atoms with Crippen molar-refractivity contribution in [1.29, 1.82) is 0 Å². The summed E-state index contributed by atoms with van der Waals surface area (Å²) in [6.07, 6.45) is 3.82. The van der Waals surface area contributed by atoms with Gasteiger partial charge in [0.2, 0.25) is 0 Å². The van der Waals surface area contributed by atoms with Crippen LogP contribution < -0.4 is 4.90 Å². The quantitative estimate of drug-likeness (QED) is 0.631. The summed E-state index contributed by atoms with van der Waals surface area (Å²) < 4.78 is 5.23. The molecule has 4 nitrogen and oxygen atoms in total. The normalized spacial score (nSPS) is 20.2. The van der Waals surface area contributed by atoms with Crippen LogP contribution in [0.4, 0.5) is 5.82 Å². The molecule has 0 N–H and O–H groups in total. The van der Waals surface area contributed by atoms with E-state index in [9.17, 15) is 0 Å². The number of piperidine rings is 1. The van der Waals surface area contributed by atoms with Gasteiger partial charge in [-0.05, 0) is 18.8 Å². The van der Waals surface area contributed by atoms with E-state index in [2.05, 4.69) is 14.9 Å². The smallest absolute Gasteiger partial charge is 0.138 e. The Morgan fingerprint density at radius 2 is 2.33 bits per heavy atom. The van der Waals surface area contributed by atoms with Gasteiger partial charge in [-0.2, -0.15) is 0 Å². The molecular formula is C12H17Cl2N3O. The Hall–Kier alpha value is -0.580. The standard InChI is InChI=1S/C12H17Cl2N3O/c1-18-7-9-3-2-4-17(6-9)12-10(5-13)11(14)15-8-16-12/h8-9H,2-7H2,1H3. The van der Waals surface area contributed by atoms with Gasteiger partial charge in [0.15, 0.2) is 0 Å². The van der Waals surface area contributed by atoms with Crippen LogP contribution in [0, 0.1) is 5.92 Å². The second-order valence-electron chi connectivity index (χ2n) is 4.51. The van der Waals surface area contributed by atoms with Crippen LogP contribution in [0.15, 0.2) is 6.33 Å². The molecule has 1 aliphatic rings. The molecule has 0 amide bonds. The van der Waals surface area contributed by atoms with Crippen molar-refractivity contribution in [3.05, 3.63) is 17.0 Å². The Morgan fingerprint density at radius 3 is 3.06 bits per heavy atom. The number of hydrogen-bond donors (Lipinski definition) is 0. The van der Waals surface area contributed by atoms with E-state index in [1.807, 2.05) is 0 Å². The highest BCUT2D eigenvalue weighted by atomic mass is 35.5. The van der Waals surface area contributed by atoms with Crippen LogP contribution in [0.3, 0.4) is 0 Å².